The van der Waals surface area contributed by atoms with Crippen LogP contribution in [0, 0.1) is 5.92 Å². The minimum atomic E-state index is 0.968. The summed E-state index contributed by atoms with van der Waals surface area (Å²) in [7, 11) is 0. The summed E-state index contributed by atoms with van der Waals surface area (Å²) in [6.45, 7) is 7.12. The van der Waals surface area contributed by atoms with Crippen molar-refractivity contribution < 1.29 is 0 Å². The molecule has 0 nitrogen and oxygen atoms in total. The van der Waals surface area contributed by atoms with Crippen molar-refractivity contribution in [2.45, 2.75) is 226 Å². The first-order valence-corrected chi connectivity index (χ1v) is 17.8. The van der Waals surface area contributed by atoms with Gasteiger partial charge in [0, 0.05) is 0 Å². The van der Waals surface area contributed by atoms with Crippen molar-refractivity contribution in [3.8, 4) is 0 Å². The Labute approximate surface area is 232 Å². The standard InChI is InChI=1S/C36H74/c1-4-6-8-10-12-14-15-16-17-18-19-20-21-22-23-24-25-26-27-29-31-33-35-36(3)34-32-30-28-13-11-9-7-5-2/h36H,4-35H2,1-3H3. The lowest BCUT2D eigenvalue weighted by Gasteiger charge is -2.11. The predicted octanol–water partition coefficient (Wildman–Crippen LogP) is 14.1. The summed E-state index contributed by atoms with van der Waals surface area (Å²) in [5, 5.41) is 0. The SMILES string of the molecule is CCCCCCCCCCCCCCCCCCCCCCCCC(C)CCCCCCCCCC. The van der Waals surface area contributed by atoms with Crippen LogP contribution in [0.5, 0.6) is 0 Å². The van der Waals surface area contributed by atoms with E-state index in [4.69, 9.17) is 0 Å². The maximum Gasteiger partial charge on any atom is -0.0443 e. The molecular formula is C36H74. The molecule has 0 bridgehead atoms. The van der Waals surface area contributed by atoms with E-state index in [2.05, 4.69) is 20.8 Å². The Morgan fingerprint density at radius 1 is 0.250 bits per heavy atom. The molecule has 0 saturated heterocycles. The Morgan fingerprint density at radius 3 is 0.611 bits per heavy atom. The second kappa shape index (κ2) is 33.0. The van der Waals surface area contributed by atoms with Crippen LogP contribution in [0.3, 0.4) is 0 Å². The predicted molar refractivity (Wildman–Crippen MR) is 168 cm³/mol. The lowest BCUT2D eigenvalue weighted by Crippen LogP contribution is -1.95. The molecule has 36 heavy (non-hydrogen) atoms. The van der Waals surface area contributed by atoms with Gasteiger partial charge in [-0.3, -0.25) is 0 Å². The monoisotopic (exact) mass is 507 g/mol. The quantitative estimate of drug-likeness (QED) is 0.0795. The molecule has 0 aliphatic rings. The molecule has 0 spiro atoms. The molecule has 1 unspecified atom stereocenters. The topological polar surface area (TPSA) is 0 Å². The number of hydrogen-bond acceptors (Lipinski definition) is 0. The van der Waals surface area contributed by atoms with E-state index < -0.39 is 0 Å². The number of unbranched alkanes of at least 4 members (excludes halogenated alkanes) is 28. The van der Waals surface area contributed by atoms with Gasteiger partial charge in [-0.2, -0.15) is 0 Å². The lowest BCUT2D eigenvalue weighted by molar-refractivity contribution is 0.430. The van der Waals surface area contributed by atoms with Crippen molar-refractivity contribution >= 4 is 0 Å². The van der Waals surface area contributed by atoms with Gasteiger partial charge in [0.2, 0.25) is 0 Å². The fourth-order valence-corrected chi connectivity index (χ4v) is 5.87. The summed E-state index contributed by atoms with van der Waals surface area (Å²) < 4.78 is 0. The van der Waals surface area contributed by atoms with Gasteiger partial charge < -0.3 is 0 Å². The van der Waals surface area contributed by atoms with Gasteiger partial charge in [-0.15, -0.1) is 0 Å². The summed E-state index contributed by atoms with van der Waals surface area (Å²) in [6, 6.07) is 0. The molecule has 0 aromatic rings. The summed E-state index contributed by atoms with van der Waals surface area (Å²) in [5.41, 5.74) is 0. The van der Waals surface area contributed by atoms with Gasteiger partial charge in [0.05, 0.1) is 0 Å². The third-order valence-corrected chi connectivity index (χ3v) is 8.60. The van der Waals surface area contributed by atoms with Crippen molar-refractivity contribution in [1.82, 2.24) is 0 Å². The maximum absolute atomic E-state index is 2.50. The van der Waals surface area contributed by atoms with Crippen LogP contribution in [-0.2, 0) is 0 Å². The van der Waals surface area contributed by atoms with E-state index in [1.54, 1.807) is 0 Å². The second-order valence-corrected chi connectivity index (χ2v) is 12.6. The van der Waals surface area contributed by atoms with Gasteiger partial charge in [-0.1, -0.05) is 226 Å². The van der Waals surface area contributed by atoms with Crippen molar-refractivity contribution in [2.24, 2.45) is 5.92 Å². The highest BCUT2D eigenvalue weighted by molar-refractivity contribution is 4.56. The minimum Gasteiger partial charge on any atom is -0.0654 e. The minimum absolute atomic E-state index is 0.968. The van der Waals surface area contributed by atoms with E-state index in [1.807, 2.05) is 0 Å². The zero-order chi connectivity index (χ0) is 26.2. The van der Waals surface area contributed by atoms with E-state index in [-0.39, 0.29) is 0 Å². The molecule has 0 heterocycles. The average molecular weight is 507 g/mol. The van der Waals surface area contributed by atoms with E-state index in [1.165, 1.54) is 205 Å². The molecule has 0 aliphatic heterocycles. The summed E-state index contributed by atoms with van der Waals surface area (Å²) >= 11 is 0. The summed E-state index contributed by atoms with van der Waals surface area (Å²) in [5.74, 6) is 0.968. The van der Waals surface area contributed by atoms with Crippen LogP contribution in [-0.4, -0.2) is 0 Å². The zero-order valence-electron chi connectivity index (χ0n) is 26.2. The Bertz CT molecular complexity index is 359. The molecule has 0 fully saturated rings. The molecule has 0 saturated carbocycles. The van der Waals surface area contributed by atoms with Gasteiger partial charge in [0.15, 0.2) is 0 Å². The molecule has 0 aliphatic carbocycles. The lowest BCUT2D eigenvalue weighted by atomic mass is 9.95. The normalized spacial score (nSPS) is 12.4. The average Bonchev–Trinajstić information content (AvgIpc) is 2.88. The molecule has 1 atom stereocenters. The highest BCUT2D eigenvalue weighted by atomic mass is 14.1. The first kappa shape index (κ1) is 36.0. The van der Waals surface area contributed by atoms with Gasteiger partial charge in [0.1, 0.15) is 0 Å². The first-order chi connectivity index (χ1) is 17.8. The van der Waals surface area contributed by atoms with E-state index in [9.17, 15) is 0 Å². The van der Waals surface area contributed by atoms with Crippen molar-refractivity contribution in [3.05, 3.63) is 0 Å². The molecule has 0 rings (SSSR count). The number of rotatable bonds is 32. The van der Waals surface area contributed by atoms with Gasteiger partial charge >= 0.3 is 0 Å². The van der Waals surface area contributed by atoms with Crippen molar-refractivity contribution in [2.75, 3.05) is 0 Å². The van der Waals surface area contributed by atoms with Crippen LogP contribution < -0.4 is 0 Å². The van der Waals surface area contributed by atoms with Gasteiger partial charge in [-0.05, 0) is 5.92 Å². The highest BCUT2D eigenvalue weighted by Crippen LogP contribution is 2.19. The fraction of sp³-hybridized carbons (Fsp3) is 1.00. The van der Waals surface area contributed by atoms with Crippen molar-refractivity contribution in [3.63, 3.8) is 0 Å². The van der Waals surface area contributed by atoms with Crippen LogP contribution >= 0.6 is 0 Å². The van der Waals surface area contributed by atoms with Crippen LogP contribution in [0.2, 0.25) is 0 Å². The molecular weight excluding hydrogens is 432 g/mol. The third-order valence-electron chi connectivity index (χ3n) is 8.60. The molecule has 0 N–H and O–H groups in total. The summed E-state index contributed by atoms with van der Waals surface area (Å²) in [6.07, 6.45) is 47.2. The van der Waals surface area contributed by atoms with Gasteiger partial charge in [-0.25, -0.2) is 0 Å². The molecule has 0 radical (unpaired) electrons. The van der Waals surface area contributed by atoms with Crippen LogP contribution in [0.4, 0.5) is 0 Å². The van der Waals surface area contributed by atoms with Crippen molar-refractivity contribution in [1.29, 1.82) is 0 Å². The number of hydrogen-bond donors (Lipinski definition) is 0. The second-order valence-electron chi connectivity index (χ2n) is 12.6. The highest BCUT2D eigenvalue weighted by Gasteiger charge is 2.02. The summed E-state index contributed by atoms with van der Waals surface area (Å²) in [4.78, 5) is 0. The molecule has 0 aromatic heterocycles. The first-order valence-electron chi connectivity index (χ1n) is 17.8. The zero-order valence-corrected chi connectivity index (χ0v) is 26.2. The van der Waals surface area contributed by atoms with Crippen LogP contribution in [0.15, 0.2) is 0 Å². The molecule has 218 valence electrons. The largest absolute Gasteiger partial charge is 0.0654 e. The Hall–Kier alpha value is 0. The molecule has 0 amide bonds. The Kier molecular flexibility index (Phi) is 33.0. The fourth-order valence-electron chi connectivity index (χ4n) is 5.87. The van der Waals surface area contributed by atoms with Gasteiger partial charge in [0.25, 0.3) is 0 Å². The van der Waals surface area contributed by atoms with E-state index >= 15 is 0 Å². The maximum atomic E-state index is 2.50. The van der Waals surface area contributed by atoms with Crippen LogP contribution in [0.25, 0.3) is 0 Å². The Morgan fingerprint density at radius 2 is 0.417 bits per heavy atom. The molecule has 0 aromatic carbocycles. The third kappa shape index (κ3) is 32.0. The smallest absolute Gasteiger partial charge is 0.0443 e. The van der Waals surface area contributed by atoms with E-state index in [0.29, 0.717) is 0 Å². The van der Waals surface area contributed by atoms with Crippen LogP contribution in [0.1, 0.15) is 226 Å². The van der Waals surface area contributed by atoms with E-state index in [0.717, 1.165) is 5.92 Å². The molecule has 0 heteroatoms. The Balaban J connectivity index is 3.10.